The number of hydrogen-bond donors (Lipinski definition) is 0. The number of ether oxygens (including phenoxy) is 3. The van der Waals surface area contributed by atoms with Gasteiger partial charge in [0.1, 0.15) is 6.10 Å². The van der Waals surface area contributed by atoms with Crippen LogP contribution >= 0.6 is 0 Å². The lowest BCUT2D eigenvalue weighted by molar-refractivity contribution is -0.198. The van der Waals surface area contributed by atoms with Crippen LogP contribution in [0, 0.1) is 0 Å². The largest absolute Gasteiger partial charge is 0.449 e. The van der Waals surface area contributed by atoms with E-state index in [1.54, 1.807) is 0 Å². The molecule has 1 fully saturated rings. The van der Waals surface area contributed by atoms with E-state index in [0.717, 1.165) is 13.8 Å². The van der Waals surface area contributed by atoms with E-state index in [1.807, 2.05) is 0 Å². The summed E-state index contributed by atoms with van der Waals surface area (Å²) in [6, 6.07) is 0. The lowest BCUT2D eigenvalue weighted by Gasteiger charge is -2.22. The van der Waals surface area contributed by atoms with Gasteiger partial charge >= 0.3 is 17.9 Å². The van der Waals surface area contributed by atoms with E-state index in [4.69, 9.17) is 4.74 Å². The fourth-order valence-electron chi connectivity index (χ4n) is 1.62. The molecule has 1 heterocycles. The highest BCUT2D eigenvalue weighted by Gasteiger charge is 2.61. The molecule has 7 heteroatoms. The van der Waals surface area contributed by atoms with Gasteiger partial charge in [-0.25, -0.2) is 0 Å². The second-order valence-electron chi connectivity index (χ2n) is 3.72. The van der Waals surface area contributed by atoms with Gasteiger partial charge in [-0.15, -0.1) is 0 Å². The van der Waals surface area contributed by atoms with Gasteiger partial charge in [0.05, 0.1) is 0 Å². The molecule has 17 heavy (non-hydrogen) atoms. The third-order valence-corrected chi connectivity index (χ3v) is 2.30. The zero-order chi connectivity index (χ0) is 13.2. The first-order valence-electron chi connectivity index (χ1n) is 5.16. The molecule has 0 aromatic carbocycles. The van der Waals surface area contributed by atoms with E-state index < -0.39 is 36.4 Å². The van der Waals surface area contributed by atoms with Gasteiger partial charge in [-0.05, 0) is 6.42 Å². The molecule has 98 valence electrons. The normalized spacial score (nSPS) is 31.0. The van der Waals surface area contributed by atoms with Crippen molar-refractivity contribution in [3.05, 3.63) is 0 Å². The van der Waals surface area contributed by atoms with Crippen molar-refractivity contribution >= 4 is 11.9 Å². The maximum absolute atomic E-state index is 13.7. The summed E-state index contributed by atoms with van der Waals surface area (Å²) in [4.78, 5) is 21.5. The molecule has 3 atom stereocenters. The third-order valence-electron chi connectivity index (χ3n) is 2.30. The van der Waals surface area contributed by atoms with Gasteiger partial charge in [0, 0.05) is 13.8 Å². The zero-order valence-corrected chi connectivity index (χ0v) is 9.74. The van der Waals surface area contributed by atoms with E-state index in [2.05, 4.69) is 9.47 Å². The average Bonchev–Trinajstić information content (AvgIpc) is 2.39. The van der Waals surface area contributed by atoms with Gasteiger partial charge in [-0.1, -0.05) is 6.92 Å². The number of halogens is 2. The van der Waals surface area contributed by atoms with Gasteiger partial charge < -0.3 is 14.2 Å². The number of alkyl halides is 2. The maximum atomic E-state index is 13.7. The van der Waals surface area contributed by atoms with Crippen molar-refractivity contribution < 1.29 is 32.6 Å². The van der Waals surface area contributed by atoms with Crippen LogP contribution in [0.25, 0.3) is 0 Å². The molecule has 0 saturated carbocycles. The Bertz CT molecular complexity index is 318. The van der Waals surface area contributed by atoms with Crippen LogP contribution in [0.5, 0.6) is 0 Å². The predicted molar refractivity (Wildman–Crippen MR) is 51.2 cm³/mol. The summed E-state index contributed by atoms with van der Waals surface area (Å²) in [5.41, 5.74) is 0. The highest BCUT2D eigenvalue weighted by Crippen LogP contribution is 2.40. The Morgan fingerprint density at radius 2 is 1.76 bits per heavy atom. The molecule has 0 radical (unpaired) electrons. The van der Waals surface area contributed by atoms with E-state index >= 15 is 0 Å². The molecule has 1 aliphatic rings. The van der Waals surface area contributed by atoms with Gasteiger partial charge in [0.2, 0.25) is 12.4 Å². The molecule has 5 nitrogen and oxygen atoms in total. The first-order chi connectivity index (χ1) is 7.78. The molecule has 1 aliphatic heterocycles. The SMILES string of the molecule is CC[C@H]1OC(OC(C)=O)[C@H](OC(C)=O)C1(F)F. The van der Waals surface area contributed by atoms with Gasteiger partial charge in [0.15, 0.2) is 0 Å². The second-order valence-corrected chi connectivity index (χ2v) is 3.72. The first kappa shape index (κ1) is 13.8. The van der Waals surface area contributed by atoms with Crippen molar-refractivity contribution in [1.82, 2.24) is 0 Å². The summed E-state index contributed by atoms with van der Waals surface area (Å²) in [7, 11) is 0. The van der Waals surface area contributed by atoms with Crippen molar-refractivity contribution in [2.45, 2.75) is 51.6 Å². The molecule has 1 rings (SSSR count). The van der Waals surface area contributed by atoms with Crippen molar-refractivity contribution in [3.8, 4) is 0 Å². The van der Waals surface area contributed by atoms with Gasteiger partial charge in [-0.2, -0.15) is 8.78 Å². The fraction of sp³-hybridized carbons (Fsp3) is 0.800. The number of hydrogen-bond acceptors (Lipinski definition) is 5. The number of carbonyl (C=O) groups excluding carboxylic acids is 2. The third kappa shape index (κ3) is 2.91. The van der Waals surface area contributed by atoms with Crippen LogP contribution in [0.3, 0.4) is 0 Å². The van der Waals surface area contributed by atoms with Crippen LogP contribution in [-0.4, -0.2) is 36.4 Å². The Kier molecular flexibility index (Phi) is 4.03. The Balaban J connectivity index is 2.89. The molecular formula is C10H14F2O5. The fourth-order valence-corrected chi connectivity index (χ4v) is 1.62. The number of esters is 2. The van der Waals surface area contributed by atoms with Crippen LogP contribution in [0.2, 0.25) is 0 Å². The van der Waals surface area contributed by atoms with Crippen molar-refractivity contribution in [2.24, 2.45) is 0 Å². The summed E-state index contributed by atoms with van der Waals surface area (Å²) < 4.78 is 41.4. The maximum Gasteiger partial charge on any atom is 0.316 e. The molecular weight excluding hydrogens is 238 g/mol. The molecule has 0 spiro atoms. The topological polar surface area (TPSA) is 61.8 Å². The van der Waals surface area contributed by atoms with E-state index in [0.29, 0.717) is 0 Å². The molecule has 0 aromatic heterocycles. The molecule has 1 unspecified atom stereocenters. The van der Waals surface area contributed by atoms with Crippen LogP contribution in [0.4, 0.5) is 8.78 Å². The zero-order valence-electron chi connectivity index (χ0n) is 9.74. The molecule has 0 amide bonds. The standard InChI is InChI=1S/C10H14F2O5/c1-4-7-10(11,12)8(15-5(2)13)9(17-7)16-6(3)14/h7-9H,4H2,1-3H3/t7-,8+,9?/m1/s1. The minimum Gasteiger partial charge on any atom is -0.449 e. The van der Waals surface area contributed by atoms with E-state index in [1.165, 1.54) is 6.92 Å². The highest BCUT2D eigenvalue weighted by molar-refractivity contribution is 5.67. The van der Waals surface area contributed by atoms with Crippen LogP contribution in [-0.2, 0) is 23.8 Å². The van der Waals surface area contributed by atoms with Crippen molar-refractivity contribution in [1.29, 1.82) is 0 Å². The highest BCUT2D eigenvalue weighted by atomic mass is 19.3. The number of rotatable bonds is 3. The summed E-state index contributed by atoms with van der Waals surface area (Å²) >= 11 is 0. The van der Waals surface area contributed by atoms with Crippen molar-refractivity contribution in [3.63, 3.8) is 0 Å². The minimum absolute atomic E-state index is 0.0164. The predicted octanol–water partition coefficient (Wildman–Crippen LogP) is 1.25. The molecule has 0 aromatic rings. The Labute approximate surface area is 97.0 Å². The van der Waals surface area contributed by atoms with E-state index in [9.17, 15) is 18.4 Å². The minimum atomic E-state index is -3.37. The van der Waals surface area contributed by atoms with Crippen molar-refractivity contribution in [2.75, 3.05) is 0 Å². The summed E-state index contributed by atoms with van der Waals surface area (Å²) in [6.45, 7) is 3.56. The van der Waals surface area contributed by atoms with Crippen LogP contribution in [0.15, 0.2) is 0 Å². The molecule has 0 N–H and O–H groups in total. The molecule has 0 bridgehead atoms. The summed E-state index contributed by atoms with van der Waals surface area (Å²) in [5, 5.41) is 0. The lowest BCUT2D eigenvalue weighted by atomic mass is 10.1. The molecule has 1 saturated heterocycles. The summed E-state index contributed by atoms with van der Waals surface area (Å²) in [6.07, 6.45) is -4.87. The van der Waals surface area contributed by atoms with Crippen LogP contribution < -0.4 is 0 Å². The Hall–Kier alpha value is -1.24. The van der Waals surface area contributed by atoms with Gasteiger partial charge in [0.25, 0.3) is 0 Å². The quantitative estimate of drug-likeness (QED) is 0.707. The average molecular weight is 252 g/mol. The smallest absolute Gasteiger partial charge is 0.316 e. The number of carbonyl (C=O) groups is 2. The monoisotopic (exact) mass is 252 g/mol. The first-order valence-corrected chi connectivity index (χ1v) is 5.16. The lowest BCUT2D eigenvalue weighted by Crippen LogP contribution is -2.43. The Morgan fingerprint density at radius 1 is 1.24 bits per heavy atom. The summed E-state index contributed by atoms with van der Waals surface area (Å²) in [5.74, 6) is -5.03. The van der Waals surface area contributed by atoms with Crippen LogP contribution in [0.1, 0.15) is 27.2 Å². The van der Waals surface area contributed by atoms with Gasteiger partial charge in [-0.3, -0.25) is 9.59 Å². The second kappa shape index (κ2) is 4.95. The molecule has 0 aliphatic carbocycles. The Morgan fingerprint density at radius 3 is 2.18 bits per heavy atom. The van der Waals surface area contributed by atoms with E-state index in [-0.39, 0.29) is 6.42 Å².